The molecule has 0 radical (unpaired) electrons. The number of hydrogen-bond acceptors (Lipinski definition) is 3. The maximum absolute atomic E-state index is 5.60. The molecule has 108 valence electrons. The molecule has 2 aromatic rings. The Morgan fingerprint density at radius 3 is 2.85 bits per heavy atom. The van der Waals surface area contributed by atoms with Crippen molar-refractivity contribution in [2.24, 2.45) is 0 Å². The van der Waals surface area contributed by atoms with Crippen molar-refractivity contribution in [3.05, 3.63) is 42.1 Å². The Morgan fingerprint density at radius 1 is 1.20 bits per heavy atom. The zero-order chi connectivity index (χ0) is 14.2. The number of para-hydroxylation sites is 1. The fourth-order valence-electron chi connectivity index (χ4n) is 2.40. The normalized spacial score (nSPS) is 12.7. The van der Waals surface area contributed by atoms with Crippen molar-refractivity contribution in [3.8, 4) is 0 Å². The molecule has 20 heavy (non-hydrogen) atoms. The average molecular weight is 272 g/mol. The van der Waals surface area contributed by atoms with Crippen LogP contribution in [0.3, 0.4) is 0 Å². The summed E-state index contributed by atoms with van der Waals surface area (Å²) in [6, 6.07) is 10.8. The second-order valence-corrected chi connectivity index (χ2v) is 5.00. The third-order valence-electron chi connectivity index (χ3n) is 3.41. The van der Waals surface area contributed by atoms with Gasteiger partial charge in [0, 0.05) is 24.2 Å². The van der Waals surface area contributed by atoms with Gasteiger partial charge in [-0.15, -0.1) is 0 Å². The summed E-state index contributed by atoms with van der Waals surface area (Å²) in [5, 5.41) is 4.82. The van der Waals surface area contributed by atoms with E-state index in [1.54, 1.807) is 0 Å². The van der Waals surface area contributed by atoms with Crippen LogP contribution in [0, 0.1) is 0 Å². The van der Waals surface area contributed by atoms with Gasteiger partial charge in [0.1, 0.15) is 0 Å². The first-order valence-electron chi connectivity index (χ1n) is 7.49. The molecule has 0 spiro atoms. The number of nitrogens with zero attached hydrogens (tertiary/aromatic N) is 1. The van der Waals surface area contributed by atoms with Gasteiger partial charge in [0.25, 0.3) is 0 Å². The van der Waals surface area contributed by atoms with Crippen molar-refractivity contribution in [2.45, 2.75) is 32.7 Å². The lowest BCUT2D eigenvalue weighted by Crippen LogP contribution is -2.36. The summed E-state index contributed by atoms with van der Waals surface area (Å²) >= 11 is 0. The fourth-order valence-corrected chi connectivity index (χ4v) is 2.40. The number of benzene rings is 1. The molecule has 1 unspecified atom stereocenters. The van der Waals surface area contributed by atoms with E-state index in [4.69, 9.17) is 4.74 Å². The van der Waals surface area contributed by atoms with E-state index in [0.29, 0.717) is 6.04 Å². The van der Waals surface area contributed by atoms with E-state index in [2.05, 4.69) is 41.5 Å². The molecular formula is C17H24N2O. The van der Waals surface area contributed by atoms with Crippen LogP contribution in [0.1, 0.15) is 25.8 Å². The van der Waals surface area contributed by atoms with E-state index < -0.39 is 0 Å². The molecule has 1 aromatic heterocycles. The van der Waals surface area contributed by atoms with E-state index in [-0.39, 0.29) is 0 Å². The number of nitrogens with one attached hydrogen (secondary N) is 1. The molecule has 0 fully saturated rings. The van der Waals surface area contributed by atoms with E-state index in [0.717, 1.165) is 38.1 Å². The second-order valence-electron chi connectivity index (χ2n) is 5.00. The molecule has 0 aliphatic heterocycles. The van der Waals surface area contributed by atoms with E-state index in [9.17, 15) is 0 Å². The Labute approximate surface area is 121 Å². The Hall–Kier alpha value is -1.45. The van der Waals surface area contributed by atoms with E-state index in [1.807, 2.05) is 19.2 Å². The van der Waals surface area contributed by atoms with Crippen molar-refractivity contribution >= 4 is 10.9 Å². The highest BCUT2D eigenvalue weighted by Crippen LogP contribution is 2.17. The molecule has 3 nitrogen and oxygen atoms in total. The number of pyridine rings is 1. The summed E-state index contributed by atoms with van der Waals surface area (Å²) in [5.41, 5.74) is 2.40. The highest BCUT2D eigenvalue weighted by molar-refractivity contribution is 5.81. The lowest BCUT2D eigenvalue weighted by atomic mass is 10.0. The van der Waals surface area contributed by atoms with Crippen LogP contribution in [0.2, 0.25) is 0 Å². The highest BCUT2D eigenvalue weighted by Gasteiger charge is 2.11. The molecule has 0 saturated heterocycles. The minimum Gasteiger partial charge on any atom is -0.380 e. The van der Waals surface area contributed by atoms with Crippen molar-refractivity contribution in [1.82, 2.24) is 10.3 Å². The van der Waals surface area contributed by atoms with Gasteiger partial charge in [0.05, 0.1) is 12.1 Å². The second kappa shape index (κ2) is 7.98. The van der Waals surface area contributed by atoms with Gasteiger partial charge in [-0.25, -0.2) is 0 Å². The Bertz CT molecular complexity index is 514. The molecule has 0 saturated carbocycles. The molecule has 1 aromatic carbocycles. The van der Waals surface area contributed by atoms with Crippen LogP contribution in [0.15, 0.2) is 36.5 Å². The Morgan fingerprint density at radius 2 is 2.05 bits per heavy atom. The molecule has 1 heterocycles. The Balaban J connectivity index is 2.14. The molecule has 2 rings (SSSR count). The number of fused-ring (bicyclic) bond motifs is 1. The maximum Gasteiger partial charge on any atom is 0.0704 e. The van der Waals surface area contributed by atoms with Crippen molar-refractivity contribution in [3.63, 3.8) is 0 Å². The van der Waals surface area contributed by atoms with E-state index in [1.165, 1.54) is 10.9 Å². The minimum absolute atomic E-state index is 0.362. The molecule has 1 atom stereocenters. The van der Waals surface area contributed by atoms with Crippen molar-refractivity contribution in [1.29, 1.82) is 0 Å². The molecule has 0 aliphatic carbocycles. The first kappa shape index (κ1) is 14.9. The van der Waals surface area contributed by atoms with Gasteiger partial charge in [0.15, 0.2) is 0 Å². The van der Waals surface area contributed by atoms with Crippen molar-refractivity contribution in [2.75, 3.05) is 19.8 Å². The summed E-state index contributed by atoms with van der Waals surface area (Å²) in [4.78, 5) is 4.42. The summed E-state index contributed by atoms with van der Waals surface area (Å²) < 4.78 is 5.60. The summed E-state index contributed by atoms with van der Waals surface area (Å²) in [5.74, 6) is 0. The minimum atomic E-state index is 0.362. The molecular weight excluding hydrogens is 248 g/mol. The largest absolute Gasteiger partial charge is 0.380 e. The first-order valence-corrected chi connectivity index (χ1v) is 7.49. The van der Waals surface area contributed by atoms with Crippen LogP contribution in [0.25, 0.3) is 10.9 Å². The van der Waals surface area contributed by atoms with Crippen LogP contribution in [0.4, 0.5) is 0 Å². The fraction of sp³-hybridized carbons (Fsp3) is 0.471. The van der Waals surface area contributed by atoms with Crippen LogP contribution >= 0.6 is 0 Å². The zero-order valence-corrected chi connectivity index (χ0v) is 12.4. The van der Waals surface area contributed by atoms with Crippen LogP contribution in [-0.2, 0) is 11.2 Å². The number of aromatic nitrogens is 1. The quantitative estimate of drug-likeness (QED) is 0.801. The number of hydrogen-bond donors (Lipinski definition) is 1. The number of ether oxygens (including phenoxy) is 1. The SMILES string of the molecule is CCCNC(COCC)Cc1ccnc2ccccc12. The van der Waals surface area contributed by atoms with Gasteiger partial charge in [-0.3, -0.25) is 4.98 Å². The molecule has 0 bridgehead atoms. The zero-order valence-electron chi connectivity index (χ0n) is 12.4. The summed E-state index contributed by atoms with van der Waals surface area (Å²) in [7, 11) is 0. The van der Waals surface area contributed by atoms with E-state index >= 15 is 0 Å². The topological polar surface area (TPSA) is 34.1 Å². The van der Waals surface area contributed by atoms with Crippen molar-refractivity contribution < 1.29 is 4.74 Å². The summed E-state index contributed by atoms with van der Waals surface area (Å²) in [6.45, 7) is 6.78. The summed E-state index contributed by atoms with van der Waals surface area (Å²) in [6.07, 6.45) is 4.01. The van der Waals surface area contributed by atoms with Gasteiger partial charge in [-0.2, -0.15) is 0 Å². The predicted octanol–water partition coefficient (Wildman–Crippen LogP) is 3.18. The lowest BCUT2D eigenvalue weighted by Gasteiger charge is -2.19. The molecule has 3 heteroatoms. The first-order chi connectivity index (χ1) is 9.85. The monoisotopic (exact) mass is 272 g/mol. The third-order valence-corrected chi connectivity index (χ3v) is 3.41. The van der Waals surface area contributed by atoms with Gasteiger partial charge >= 0.3 is 0 Å². The van der Waals surface area contributed by atoms with Gasteiger partial charge in [0.2, 0.25) is 0 Å². The molecule has 1 N–H and O–H groups in total. The predicted molar refractivity (Wildman–Crippen MR) is 84.0 cm³/mol. The van der Waals surface area contributed by atoms with Gasteiger partial charge in [-0.05, 0) is 44.0 Å². The van der Waals surface area contributed by atoms with Gasteiger partial charge < -0.3 is 10.1 Å². The smallest absolute Gasteiger partial charge is 0.0704 e. The lowest BCUT2D eigenvalue weighted by molar-refractivity contribution is 0.123. The standard InChI is InChI=1S/C17H24N2O/c1-3-10-18-15(13-20-4-2)12-14-9-11-19-17-8-6-5-7-16(14)17/h5-9,11,15,18H,3-4,10,12-13H2,1-2H3. The van der Waals surface area contributed by atoms with Crippen LogP contribution in [-0.4, -0.2) is 30.8 Å². The van der Waals surface area contributed by atoms with Crippen LogP contribution in [0.5, 0.6) is 0 Å². The maximum atomic E-state index is 5.60. The Kier molecular flexibility index (Phi) is 5.96. The third kappa shape index (κ3) is 4.02. The average Bonchev–Trinajstić information content (AvgIpc) is 2.50. The molecule has 0 aliphatic rings. The van der Waals surface area contributed by atoms with Crippen LogP contribution < -0.4 is 5.32 Å². The highest BCUT2D eigenvalue weighted by atomic mass is 16.5. The van der Waals surface area contributed by atoms with Gasteiger partial charge in [-0.1, -0.05) is 25.1 Å². The molecule has 0 amide bonds. The number of rotatable bonds is 8.